The van der Waals surface area contributed by atoms with E-state index in [-0.39, 0.29) is 0 Å². The minimum Gasteiger partial charge on any atom is -0.494 e. The first kappa shape index (κ1) is 13.0. The van der Waals surface area contributed by atoms with Crippen LogP contribution in [-0.2, 0) is 0 Å². The normalized spacial score (nSPS) is 10.5. The van der Waals surface area contributed by atoms with Gasteiger partial charge in [-0.1, -0.05) is 0 Å². The Kier molecular flexibility index (Phi) is 5.00. The molecule has 0 aliphatic rings. The van der Waals surface area contributed by atoms with Crippen LogP contribution in [0.3, 0.4) is 0 Å². The zero-order valence-corrected chi connectivity index (χ0v) is 9.88. The van der Waals surface area contributed by atoms with E-state index in [9.17, 15) is 10.1 Å². The van der Waals surface area contributed by atoms with E-state index < -0.39 is 4.92 Å². The number of ether oxygens (including phenoxy) is 2. The molecule has 0 unspecified atom stereocenters. The van der Waals surface area contributed by atoms with Crippen LogP contribution in [0.2, 0.25) is 0 Å². The highest BCUT2D eigenvalue weighted by molar-refractivity contribution is 5.58. The summed E-state index contributed by atoms with van der Waals surface area (Å²) in [7, 11) is 0. The van der Waals surface area contributed by atoms with Crippen molar-refractivity contribution in [3.05, 3.63) is 40.1 Å². The minimum atomic E-state index is -0.511. The predicted octanol–water partition coefficient (Wildman–Crippen LogP) is 2.73. The molecule has 0 saturated heterocycles. The smallest absolute Gasteiger partial charge is 0.235 e. The van der Waals surface area contributed by atoms with Gasteiger partial charge in [-0.25, -0.2) is 0 Å². The Morgan fingerprint density at radius 3 is 2.59 bits per heavy atom. The summed E-state index contributed by atoms with van der Waals surface area (Å²) in [5.41, 5.74) is 0.634. The molecule has 5 nitrogen and oxygen atoms in total. The van der Waals surface area contributed by atoms with Gasteiger partial charge in [0.2, 0.25) is 6.20 Å². The van der Waals surface area contributed by atoms with Gasteiger partial charge in [0.1, 0.15) is 11.5 Å². The van der Waals surface area contributed by atoms with Crippen molar-refractivity contribution >= 4 is 6.08 Å². The topological polar surface area (TPSA) is 61.6 Å². The zero-order chi connectivity index (χ0) is 12.7. The molecule has 0 spiro atoms. The molecular weight excluding hydrogens is 222 g/mol. The van der Waals surface area contributed by atoms with E-state index in [1.54, 1.807) is 18.2 Å². The maximum absolute atomic E-state index is 10.3. The van der Waals surface area contributed by atoms with Crippen molar-refractivity contribution in [1.82, 2.24) is 0 Å². The molecule has 0 radical (unpaired) electrons. The fraction of sp³-hybridized carbons (Fsp3) is 0.333. The van der Waals surface area contributed by atoms with E-state index in [2.05, 4.69) is 0 Å². The Hall–Kier alpha value is -2.04. The van der Waals surface area contributed by atoms with Crippen molar-refractivity contribution in [1.29, 1.82) is 0 Å². The van der Waals surface area contributed by atoms with E-state index >= 15 is 0 Å². The second kappa shape index (κ2) is 6.52. The molecule has 0 atom stereocenters. The van der Waals surface area contributed by atoms with Crippen molar-refractivity contribution in [2.75, 3.05) is 13.2 Å². The molecule has 0 N–H and O–H groups in total. The monoisotopic (exact) mass is 237 g/mol. The lowest BCUT2D eigenvalue weighted by Gasteiger charge is -2.09. The molecule has 0 aromatic heterocycles. The van der Waals surface area contributed by atoms with Crippen LogP contribution < -0.4 is 9.47 Å². The van der Waals surface area contributed by atoms with Crippen molar-refractivity contribution < 1.29 is 14.4 Å². The molecule has 0 amide bonds. The fourth-order valence-electron chi connectivity index (χ4n) is 1.34. The highest BCUT2D eigenvalue weighted by Gasteiger charge is 2.04. The highest BCUT2D eigenvalue weighted by atomic mass is 16.6. The zero-order valence-electron chi connectivity index (χ0n) is 9.88. The Bertz CT molecular complexity index is 415. The Morgan fingerprint density at radius 1 is 1.29 bits per heavy atom. The third-order valence-corrected chi connectivity index (χ3v) is 1.97. The lowest BCUT2D eigenvalue weighted by atomic mass is 10.2. The average Bonchev–Trinajstić information content (AvgIpc) is 2.29. The molecule has 0 aliphatic heterocycles. The molecule has 1 aromatic rings. The van der Waals surface area contributed by atoms with E-state index in [4.69, 9.17) is 9.47 Å². The van der Waals surface area contributed by atoms with Crippen LogP contribution >= 0.6 is 0 Å². The molecule has 0 fully saturated rings. The van der Waals surface area contributed by atoms with Gasteiger partial charge in [-0.15, -0.1) is 0 Å². The summed E-state index contributed by atoms with van der Waals surface area (Å²) in [4.78, 5) is 9.79. The Labute approximate surface area is 99.8 Å². The first-order chi connectivity index (χ1) is 8.17. The summed E-state index contributed by atoms with van der Waals surface area (Å²) in [6.45, 7) is 4.79. The quantitative estimate of drug-likeness (QED) is 0.563. The van der Waals surface area contributed by atoms with Crippen molar-refractivity contribution in [3.8, 4) is 11.5 Å². The third kappa shape index (κ3) is 4.14. The second-order valence-electron chi connectivity index (χ2n) is 3.17. The molecule has 0 bridgehead atoms. The largest absolute Gasteiger partial charge is 0.494 e. The molecule has 1 aromatic carbocycles. The SMILES string of the molecule is CCOc1ccc(OCC)c(C=C[N+](=O)[O-])c1. The van der Waals surface area contributed by atoms with Gasteiger partial charge in [-0.2, -0.15) is 0 Å². The molecule has 0 saturated carbocycles. The van der Waals surface area contributed by atoms with E-state index in [0.717, 1.165) is 6.20 Å². The van der Waals surface area contributed by atoms with E-state index in [1.165, 1.54) is 6.08 Å². The summed E-state index contributed by atoms with van der Waals surface area (Å²) < 4.78 is 10.7. The summed E-state index contributed by atoms with van der Waals surface area (Å²) in [5, 5.41) is 10.3. The van der Waals surface area contributed by atoms with Gasteiger partial charge >= 0.3 is 0 Å². The maximum Gasteiger partial charge on any atom is 0.235 e. The van der Waals surface area contributed by atoms with Crippen LogP contribution in [0.15, 0.2) is 24.4 Å². The van der Waals surface area contributed by atoms with Gasteiger partial charge in [-0.3, -0.25) is 10.1 Å². The Balaban J connectivity index is 3.01. The Morgan fingerprint density at radius 2 is 2.00 bits per heavy atom. The van der Waals surface area contributed by atoms with Gasteiger partial charge in [0.15, 0.2) is 0 Å². The molecule has 92 valence electrons. The summed E-state index contributed by atoms with van der Waals surface area (Å²) in [6.07, 6.45) is 2.28. The van der Waals surface area contributed by atoms with Gasteiger partial charge < -0.3 is 9.47 Å². The molecule has 5 heteroatoms. The first-order valence-electron chi connectivity index (χ1n) is 5.38. The highest BCUT2D eigenvalue weighted by Crippen LogP contribution is 2.25. The minimum absolute atomic E-state index is 0.507. The van der Waals surface area contributed by atoms with Crippen molar-refractivity contribution in [2.45, 2.75) is 13.8 Å². The van der Waals surface area contributed by atoms with E-state index in [0.29, 0.717) is 30.3 Å². The molecular formula is C12H15NO4. The first-order valence-corrected chi connectivity index (χ1v) is 5.38. The predicted molar refractivity (Wildman–Crippen MR) is 64.8 cm³/mol. The van der Waals surface area contributed by atoms with Crippen molar-refractivity contribution in [3.63, 3.8) is 0 Å². The van der Waals surface area contributed by atoms with Crippen LogP contribution in [0.1, 0.15) is 19.4 Å². The molecule has 17 heavy (non-hydrogen) atoms. The molecule has 1 rings (SSSR count). The van der Waals surface area contributed by atoms with Crippen LogP contribution in [0.4, 0.5) is 0 Å². The van der Waals surface area contributed by atoms with E-state index in [1.807, 2.05) is 13.8 Å². The number of nitrogens with zero attached hydrogens (tertiary/aromatic N) is 1. The summed E-state index contributed by atoms with van der Waals surface area (Å²) in [5.74, 6) is 1.27. The lowest BCUT2D eigenvalue weighted by molar-refractivity contribution is -0.400. The number of hydrogen-bond donors (Lipinski definition) is 0. The number of hydrogen-bond acceptors (Lipinski definition) is 4. The second-order valence-corrected chi connectivity index (χ2v) is 3.17. The van der Waals surface area contributed by atoms with Gasteiger partial charge in [-0.05, 0) is 32.0 Å². The summed E-state index contributed by atoms with van der Waals surface area (Å²) >= 11 is 0. The number of rotatable bonds is 6. The van der Waals surface area contributed by atoms with Gasteiger partial charge in [0, 0.05) is 11.6 Å². The van der Waals surface area contributed by atoms with Crippen LogP contribution in [0.25, 0.3) is 6.08 Å². The lowest BCUT2D eigenvalue weighted by Crippen LogP contribution is -1.96. The maximum atomic E-state index is 10.3. The van der Waals surface area contributed by atoms with Gasteiger partial charge in [0.05, 0.1) is 18.1 Å². The van der Waals surface area contributed by atoms with Gasteiger partial charge in [0.25, 0.3) is 0 Å². The van der Waals surface area contributed by atoms with Crippen LogP contribution in [0, 0.1) is 10.1 Å². The fourth-order valence-corrected chi connectivity index (χ4v) is 1.34. The number of benzene rings is 1. The molecule has 0 aliphatic carbocycles. The standard InChI is InChI=1S/C12H15NO4/c1-3-16-11-5-6-12(17-4-2)10(9-11)7-8-13(14)15/h5-9H,3-4H2,1-2H3. The number of nitro groups is 1. The average molecular weight is 237 g/mol. The van der Waals surface area contributed by atoms with Crippen LogP contribution in [-0.4, -0.2) is 18.1 Å². The third-order valence-electron chi connectivity index (χ3n) is 1.97. The van der Waals surface area contributed by atoms with Crippen molar-refractivity contribution in [2.24, 2.45) is 0 Å². The van der Waals surface area contributed by atoms with Crippen LogP contribution in [0.5, 0.6) is 11.5 Å². The summed E-state index contributed by atoms with van der Waals surface area (Å²) in [6, 6.07) is 5.24. The molecule has 0 heterocycles.